The number of hydrogen-bond donors (Lipinski definition) is 1. The van der Waals surface area contributed by atoms with Crippen LogP contribution in [0.4, 0.5) is 0 Å². The highest BCUT2D eigenvalue weighted by Gasteiger charge is 2.23. The number of nitrogens with one attached hydrogen (secondary N) is 1. The second kappa shape index (κ2) is 5.39. The molecule has 0 saturated carbocycles. The van der Waals surface area contributed by atoms with Crippen LogP contribution in [-0.2, 0) is 0 Å². The second-order valence-corrected chi connectivity index (χ2v) is 4.82. The molecule has 2 unspecified atom stereocenters. The smallest absolute Gasteiger partial charge is 0.139 e. The molecule has 1 fully saturated rings. The monoisotopic (exact) mass is 250 g/mol. The minimum atomic E-state index is 0.106. The normalized spacial score (nSPS) is 24.1. The summed E-state index contributed by atoms with van der Waals surface area (Å²) in [5, 5.41) is 12.9. The van der Waals surface area contributed by atoms with Gasteiger partial charge in [-0.15, -0.1) is 0 Å². The molecular formula is C13H15ClN2O. The van der Waals surface area contributed by atoms with Crippen LogP contribution in [0.25, 0.3) is 0 Å². The van der Waals surface area contributed by atoms with E-state index in [0.29, 0.717) is 22.3 Å². The number of ether oxygens (including phenoxy) is 1. The molecule has 1 N–H and O–H groups in total. The van der Waals surface area contributed by atoms with E-state index in [1.165, 1.54) is 0 Å². The lowest BCUT2D eigenvalue weighted by atomic mass is 9.97. The van der Waals surface area contributed by atoms with Gasteiger partial charge < -0.3 is 10.1 Å². The maximum atomic E-state index is 9.02. The van der Waals surface area contributed by atoms with E-state index in [9.17, 15) is 0 Å². The van der Waals surface area contributed by atoms with Crippen LogP contribution >= 0.6 is 11.6 Å². The lowest BCUT2D eigenvalue weighted by molar-refractivity contribution is 0.114. The van der Waals surface area contributed by atoms with Crippen molar-refractivity contribution in [1.29, 1.82) is 5.26 Å². The van der Waals surface area contributed by atoms with Crippen LogP contribution in [0.1, 0.15) is 18.9 Å². The summed E-state index contributed by atoms with van der Waals surface area (Å²) in [6.07, 6.45) is 1.20. The molecule has 90 valence electrons. The minimum absolute atomic E-state index is 0.106. The molecule has 1 saturated heterocycles. The van der Waals surface area contributed by atoms with Crippen LogP contribution in [0, 0.1) is 17.2 Å². The van der Waals surface area contributed by atoms with Crippen LogP contribution in [0.3, 0.4) is 0 Å². The highest BCUT2D eigenvalue weighted by atomic mass is 35.5. The third-order valence-electron chi connectivity index (χ3n) is 3.10. The first-order chi connectivity index (χ1) is 8.20. The molecule has 1 aromatic carbocycles. The first-order valence-electron chi connectivity index (χ1n) is 5.77. The number of benzene rings is 1. The molecule has 2 rings (SSSR count). The Balaban J connectivity index is 2.17. The van der Waals surface area contributed by atoms with Gasteiger partial charge in [0.1, 0.15) is 17.9 Å². The largest absolute Gasteiger partial charge is 0.487 e. The first kappa shape index (κ1) is 12.2. The van der Waals surface area contributed by atoms with Crippen molar-refractivity contribution in [3.05, 3.63) is 28.8 Å². The van der Waals surface area contributed by atoms with E-state index in [2.05, 4.69) is 18.3 Å². The lowest BCUT2D eigenvalue weighted by Gasteiger charge is -2.30. The molecule has 0 aromatic heterocycles. The fourth-order valence-corrected chi connectivity index (χ4v) is 2.13. The Morgan fingerprint density at radius 2 is 2.35 bits per heavy atom. The third-order valence-corrected chi connectivity index (χ3v) is 3.33. The minimum Gasteiger partial charge on any atom is -0.487 e. The predicted molar refractivity (Wildman–Crippen MR) is 67.2 cm³/mol. The molecule has 0 amide bonds. The van der Waals surface area contributed by atoms with Crippen molar-refractivity contribution in [2.24, 2.45) is 5.92 Å². The summed E-state index contributed by atoms with van der Waals surface area (Å²) in [4.78, 5) is 0. The van der Waals surface area contributed by atoms with Gasteiger partial charge in [-0.25, -0.2) is 0 Å². The van der Waals surface area contributed by atoms with Crippen LogP contribution < -0.4 is 10.1 Å². The van der Waals surface area contributed by atoms with Gasteiger partial charge in [0.05, 0.1) is 5.56 Å². The Bertz CT molecular complexity index is 442. The van der Waals surface area contributed by atoms with Crippen molar-refractivity contribution in [3.63, 3.8) is 0 Å². The standard InChI is InChI=1S/C13H15ClN2O/c1-9-4-5-16-8-13(9)17-12-6-11(14)3-2-10(12)7-15/h2-3,6,9,13,16H,4-5,8H2,1H3. The Hall–Kier alpha value is -1.24. The van der Waals surface area contributed by atoms with Gasteiger partial charge in [0.25, 0.3) is 0 Å². The topological polar surface area (TPSA) is 45.0 Å². The second-order valence-electron chi connectivity index (χ2n) is 4.38. The van der Waals surface area contributed by atoms with Crippen molar-refractivity contribution in [3.8, 4) is 11.8 Å². The maximum absolute atomic E-state index is 9.02. The van der Waals surface area contributed by atoms with Crippen LogP contribution in [0.5, 0.6) is 5.75 Å². The SMILES string of the molecule is CC1CCNCC1Oc1cc(Cl)ccc1C#N. The number of rotatable bonds is 2. The molecule has 0 spiro atoms. The summed E-state index contributed by atoms with van der Waals surface area (Å²) in [6, 6.07) is 7.23. The van der Waals surface area contributed by atoms with E-state index in [1.54, 1.807) is 18.2 Å². The van der Waals surface area contributed by atoms with Gasteiger partial charge in [0.2, 0.25) is 0 Å². The molecule has 3 nitrogen and oxygen atoms in total. The number of halogens is 1. The van der Waals surface area contributed by atoms with Crippen molar-refractivity contribution in [2.45, 2.75) is 19.4 Å². The van der Waals surface area contributed by atoms with Gasteiger partial charge in [-0.05, 0) is 31.0 Å². The zero-order valence-corrected chi connectivity index (χ0v) is 10.5. The van der Waals surface area contributed by atoms with E-state index in [1.807, 2.05) is 0 Å². The molecule has 0 aliphatic carbocycles. The molecule has 0 radical (unpaired) electrons. The van der Waals surface area contributed by atoms with Gasteiger partial charge in [-0.3, -0.25) is 0 Å². The van der Waals surface area contributed by atoms with Crippen LogP contribution in [-0.4, -0.2) is 19.2 Å². The van der Waals surface area contributed by atoms with Gasteiger partial charge in [-0.2, -0.15) is 5.26 Å². The number of hydrogen-bond acceptors (Lipinski definition) is 3. The fraction of sp³-hybridized carbons (Fsp3) is 0.462. The average Bonchev–Trinajstić information content (AvgIpc) is 2.32. The van der Waals surface area contributed by atoms with E-state index >= 15 is 0 Å². The van der Waals surface area contributed by atoms with E-state index in [4.69, 9.17) is 21.6 Å². The zero-order valence-electron chi connectivity index (χ0n) is 9.74. The van der Waals surface area contributed by atoms with Crippen molar-refractivity contribution in [2.75, 3.05) is 13.1 Å². The Morgan fingerprint density at radius 1 is 1.53 bits per heavy atom. The number of nitrogens with zero attached hydrogens (tertiary/aromatic N) is 1. The molecule has 2 atom stereocenters. The van der Waals surface area contributed by atoms with E-state index < -0.39 is 0 Å². The highest BCUT2D eigenvalue weighted by molar-refractivity contribution is 6.30. The third kappa shape index (κ3) is 2.91. The van der Waals surface area contributed by atoms with Gasteiger partial charge >= 0.3 is 0 Å². The van der Waals surface area contributed by atoms with Crippen LogP contribution in [0.15, 0.2) is 18.2 Å². The summed E-state index contributed by atoms with van der Waals surface area (Å²) in [6.45, 7) is 4.02. The Morgan fingerprint density at radius 3 is 3.06 bits per heavy atom. The van der Waals surface area contributed by atoms with E-state index in [0.717, 1.165) is 19.5 Å². The summed E-state index contributed by atoms with van der Waals surface area (Å²) in [5.74, 6) is 1.07. The van der Waals surface area contributed by atoms with Gasteiger partial charge in [-0.1, -0.05) is 18.5 Å². The molecule has 1 aromatic rings. The van der Waals surface area contributed by atoms with Crippen molar-refractivity contribution >= 4 is 11.6 Å². The Kier molecular flexibility index (Phi) is 3.88. The molecule has 1 aliphatic rings. The fourth-order valence-electron chi connectivity index (χ4n) is 1.97. The highest BCUT2D eigenvalue weighted by Crippen LogP contribution is 2.26. The molecule has 1 heterocycles. The van der Waals surface area contributed by atoms with Crippen molar-refractivity contribution in [1.82, 2.24) is 5.32 Å². The first-order valence-corrected chi connectivity index (χ1v) is 6.15. The summed E-state index contributed by atoms with van der Waals surface area (Å²) in [7, 11) is 0. The van der Waals surface area contributed by atoms with Gasteiger partial charge in [0, 0.05) is 17.6 Å². The zero-order chi connectivity index (χ0) is 12.3. The van der Waals surface area contributed by atoms with Crippen LogP contribution in [0.2, 0.25) is 5.02 Å². The average molecular weight is 251 g/mol. The molecule has 0 bridgehead atoms. The lowest BCUT2D eigenvalue weighted by Crippen LogP contribution is -2.42. The summed E-state index contributed by atoms with van der Waals surface area (Å²) >= 11 is 5.92. The molecular weight excluding hydrogens is 236 g/mol. The molecule has 4 heteroatoms. The van der Waals surface area contributed by atoms with Crippen molar-refractivity contribution < 1.29 is 4.74 Å². The summed E-state index contributed by atoms with van der Waals surface area (Å²) < 4.78 is 5.90. The Labute approximate surface area is 106 Å². The number of nitriles is 1. The van der Waals surface area contributed by atoms with Gasteiger partial charge in [0.15, 0.2) is 0 Å². The number of piperidine rings is 1. The molecule has 17 heavy (non-hydrogen) atoms. The molecule has 1 aliphatic heterocycles. The predicted octanol–water partition coefficient (Wildman–Crippen LogP) is 2.59. The quantitative estimate of drug-likeness (QED) is 0.878. The maximum Gasteiger partial charge on any atom is 0.139 e. The summed E-state index contributed by atoms with van der Waals surface area (Å²) in [5.41, 5.74) is 0.534. The van der Waals surface area contributed by atoms with E-state index in [-0.39, 0.29) is 6.10 Å².